The molecule has 1 N–H and O–H groups in total. The van der Waals surface area contributed by atoms with Crippen LogP contribution in [0.2, 0.25) is 0 Å². The summed E-state index contributed by atoms with van der Waals surface area (Å²) in [5, 5.41) is 12.1. The first-order valence-electron chi connectivity index (χ1n) is 7.74. The molecular formula is C17H19FN2O2S. The van der Waals surface area contributed by atoms with E-state index in [2.05, 4.69) is 4.98 Å². The van der Waals surface area contributed by atoms with E-state index < -0.39 is 0 Å². The smallest absolute Gasteiger partial charge is 0.228 e. The van der Waals surface area contributed by atoms with Crippen LogP contribution in [0.15, 0.2) is 29.6 Å². The van der Waals surface area contributed by atoms with Crippen molar-refractivity contribution in [2.24, 2.45) is 0 Å². The molecule has 1 aliphatic heterocycles. The maximum Gasteiger partial charge on any atom is 0.228 e. The summed E-state index contributed by atoms with van der Waals surface area (Å²) in [7, 11) is 0. The van der Waals surface area contributed by atoms with E-state index >= 15 is 0 Å². The maximum absolute atomic E-state index is 12.9. The lowest BCUT2D eigenvalue weighted by Crippen LogP contribution is -2.38. The van der Waals surface area contributed by atoms with E-state index in [9.17, 15) is 14.3 Å². The molecule has 1 fully saturated rings. The monoisotopic (exact) mass is 334 g/mol. The summed E-state index contributed by atoms with van der Waals surface area (Å²) in [5.74, 6) is -0.219. The number of aromatic nitrogens is 1. The Morgan fingerprint density at radius 2 is 2.17 bits per heavy atom. The van der Waals surface area contributed by atoms with E-state index in [1.807, 2.05) is 5.38 Å². The highest BCUT2D eigenvalue weighted by Gasteiger charge is 2.28. The molecule has 1 aliphatic rings. The summed E-state index contributed by atoms with van der Waals surface area (Å²) < 4.78 is 12.9. The summed E-state index contributed by atoms with van der Waals surface area (Å²) in [4.78, 5) is 18.6. The zero-order valence-corrected chi connectivity index (χ0v) is 13.6. The molecule has 0 aliphatic carbocycles. The Hall–Kier alpha value is -1.79. The Morgan fingerprint density at radius 3 is 2.91 bits per heavy atom. The van der Waals surface area contributed by atoms with Crippen molar-refractivity contribution < 1.29 is 14.3 Å². The molecule has 0 radical (unpaired) electrons. The Bertz CT molecular complexity index is 671. The number of nitrogens with zero attached hydrogens (tertiary/aromatic N) is 2. The minimum atomic E-state index is -0.247. The number of aliphatic hydroxyl groups is 1. The van der Waals surface area contributed by atoms with Gasteiger partial charge in [0.15, 0.2) is 0 Å². The van der Waals surface area contributed by atoms with Crippen molar-refractivity contribution in [2.45, 2.75) is 31.7 Å². The molecule has 0 unspecified atom stereocenters. The van der Waals surface area contributed by atoms with E-state index in [0.717, 1.165) is 35.7 Å². The van der Waals surface area contributed by atoms with Crippen LogP contribution in [-0.2, 0) is 17.6 Å². The molecule has 0 bridgehead atoms. The van der Waals surface area contributed by atoms with Gasteiger partial charge in [0.05, 0.1) is 29.8 Å². The molecule has 1 saturated heterocycles. The van der Waals surface area contributed by atoms with Gasteiger partial charge in [-0.25, -0.2) is 9.37 Å². The van der Waals surface area contributed by atoms with Crippen molar-refractivity contribution in [3.63, 3.8) is 0 Å². The lowest BCUT2D eigenvalue weighted by atomic mass is 10.1. The second kappa shape index (κ2) is 7.19. The molecule has 1 aromatic carbocycles. The van der Waals surface area contributed by atoms with Crippen LogP contribution in [0.4, 0.5) is 4.39 Å². The third-order valence-electron chi connectivity index (χ3n) is 4.11. The number of thiazole rings is 1. The summed E-state index contributed by atoms with van der Waals surface area (Å²) >= 11 is 1.51. The van der Waals surface area contributed by atoms with Gasteiger partial charge in [-0.05, 0) is 30.5 Å². The molecule has 0 saturated carbocycles. The second-order valence-corrected chi connectivity index (χ2v) is 6.72. The standard InChI is InChI=1S/C17H19FN2O2S/c18-13-5-3-12(4-6-13)8-16-19-14(11-23-16)9-17(22)20-7-1-2-15(20)10-21/h3-6,11,15,21H,1-2,7-10H2/t15-/m1/s1. The Kier molecular flexibility index (Phi) is 5.03. The molecule has 122 valence electrons. The topological polar surface area (TPSA) is 53.4 Å². The van der Waals surface area contributed by atoms with Gasteiger partial charge in [0, 0.05) is 18.3 Å². The van der Waals surface area contributed by atoms with E-state index in [1.54, 1.807) is 17.0 Å². The largest absolute Gasteiger partial charge is 0.394 e. The zero-order valence-electron chi connectivity index (χ0n) is 12.7. The summed E-state index contributed by atoms with van der Waals surface area (Å²) in [5.41, 5.74) is 1.76. The first-order valence-corrected chi connectivity index (χ1v) is 8.61. The van der Waals surface area contributed by atoms with Gasteiger partial charge in [0.25, 0.3) is 0 Å². The van der Waals surface area contributed by atoms with Crippen molar-refractivity contribution in [1.29, 1.82) is 0 Å². The number of amides is 1. The van der Waals surface area contributed by atoms with Gasteiger partial charge in [-0.1, -0.05) is 12.1 Å². The highest BCUT2D eigenvalue weighted by atomic mass is 32.1. The number of rotatable bonds is 5. The van der Waals surface area contributed by atoms with Crippen molar-refractivity contribution in [3.05, 3.63) is 51.7 Å². The number of benzene rings is 1. The number of likely N-dealkylation sites (tertiary alicyclic amines) is 1. The van der Waals surface area contributed by atoms with Crippen LogP contribution in [-0.4, -0.2) is 40.1 Å². The normalized spacial score (nSPS) is 17.7. The number of carbonyl (C=O) groups is 1. The van der Waals surface area contributed by atoms with E-state index in [1.165, 1.54) is 23.5 Å². The van der Waals surface area contributed by atoms with Crippen molar-refractivity contribution in [2.75, 3.05) is 13.2 Å². The Labute approximate surface area is 138 Å². The SMILES string of the molecule is O=C(Cc1csc(Cc2ccc(F)cc2)n1)N1CCC[C@@H]1CO. The van der Waals surface area contributed by atoms with Crippen LogP contribution < -0.4 is 0 Å². The first kappa shape index (κ1) is 16.1. The summed E-state index contributed by atoms with van der Waals surface area (Å²) in [6.45, 7) is 0.745. The molecule has 1 atom stereocenters. The Morgan fingerprint density at radius 1 is 1.39 bits per heavy atom. The predicted molar refractivity (Wildman–Crippen MR) is 86.8 cm³/mol. The molecule has 2 aromatic rings. The van der Waals surface area contributed by atoms with Crippen LogP contribution in [0.5, 0.6) is 0 Å². The number of aliphatic hydroxyl groups excluding tert-OH is 1. The molecule has 4 nitrogen and oxygen atoms in total. The molecule has 1 amide bonds. The predicted octanol–water partition coefficient (Wildman–Crippen LogP) is 2.40. The highest BCUT2D eigenvalue weighted by Crippen LogP contribution is 2.20. The van der Waals surface area contributed by atoms with Gasteiger partial charge < -0.3 is 10.0 Å². The molecule has 6 heteroatoms. The van der Waals surface area contributed by atoms with E-state index in [4.69, 9.17) is 0 Å². The lowest BCUT2D eigenvalue weighted by molar-refractivity contribution is -0.132. The van der Waals surface area contributed by atoms with Crippen LogP contribution in [0.25, 0.3) is 0 Å². The number of carbonyl (C=O) groups excluding carboxylic acids is 1. The van der Waals surface area contributed by atoms with E-state index in [-0.39, 0.29) is 30.8 Å². The van der Waals surface area contributed by atoms with Gasteiger partial charge in [-0.15, -0.1) is 11.3 Å². The molecular weight excluding hydrogens is 315 g/mol. The third kappa shape index (κ3) is 3.95. The first-order chi connectivity index (χ1) is 11.2. The van der Waals surface area contributed by atoms with Gasteiger partial charge in [0.2, 0.25) is 5.91 Å². The zero-order chi connectivity index (χ0) is 16.2. The molecule has 2 heterocycles. The van der Waals surface area contributed by atoms with Gasteiger partial charge >= 0.3 is 0 Å². The highest BCUT2D eigenvalue weighted by molar-refractivity contribution is 7.09. The number of hydrogen-bond acceptors (Lipinski definition) is 4. The Balaban J connectivity index is 1.60. The summed E-state index contributed by atoms with van der Waals surface area (Å²) in [6.07, 6.45) is 2.73. The quantitative estimate of drug-likeness (QED) is 0.913. The average Bonchev–Trinajstić information content (AvgIpc) is 3.18. The maximum atomic E-state index is 12.9. The summed E-state index contributed by atoms with van der Waals surface area (Å²) in [6, 6.07) is 6.33. The van der Waals surface area contributed by atoms with Crippen molar-refractivity contribution in [1.82, 2.24) is 9.88 Å². The van der Waals surface area contributed by atoms with Crippen LogP contribution in [0.3, 0.4) is 0 Å². The molecule has 23 heavy (non-hydrogen) atoms. The van der Waals surface area contributed by atoms with Gasteiger partial charge in [0.1, 0.15) is 5.82 Å². The van der Waals surface area contributed by atoms with Crippen molar-refractivity contribution >= 4 is 17.2 Å². The van der Waals surface area contributed by atoms with Crippen LogP contribution >= 0.6 is 11.3 Å². The number of hydrogen-bond donors (Lipinski definition) is 1. The number of halogens is 1. The van der Waals surface area contributed by atoms with Gasteiger partial charge in [-0.2, -0.15) is 0 Å². The molecule has 1 aromatic heterocycles. The fourth-order valence-electron chi connectivity index (χ4n) is 2.90. The second-order valence-electron chi connectivity index (χ2n) is 5.78. The fourth-order valence-corrected chi connectivity index (χ4v) is 3.73. The van der Waals surface area contributed by atoms with Gasteiger partial charge in [-0.3, -0.25) is 4.79 Å². The molecule has 3 rings (SSSR count). The minimum Gasteiger partial charge on any atom is -0.394 e. The third-order valence-corrected chi connectivity index (χ3v) is 5.01. The lowest BCUT2D eigenvalue weighted by Gasteiger charge is -2.22. The van der Waals surface area contributed by atoms with Crippen LogP contribution in [0, 0.1) is 5.82 Å². The minimum absolute atomic E-state index is 0.0264. The van der Waals surface area contributed by atoms with Crippen molar-refractivity contribution in [3.8, 4) is 0 Å². The molecule has 0 spiro atoms. The van der Waals surface area contributed by atoms with Crippen LogP contribution in [0.1, 0.15) is 29.1 Å². The van der Waals surface area contributed by atoms with E-state index in [0.29, 0.717) is 6.42 Å². The fraction of sp³-hybridized carbons (Fsp3) is 0.412. The average molecular weight is 334 g/mol.